The van der Waals surface area contributed by atoms with E-state index in [-0.39, 0.29) is 11.7 Å². The van der Waals surface area contributed by atoms with E-state index in [4.69, 9.17) is 11.6 Å². The molecule has 0 unspecified atom stereocenters. The zero-order valence-electron chi connectivity index (χ0n) is 8.22. The highest BCUT2D eigenvalue weighted by Crippen LogP contribution is 2.30. The molecule has 9 heteroatoms. The number of aromatic hydroxyl groups is 1. The molecule has 0 spiro atoms. The van der Waals surface area contributed by atoms with Crippen molar-refractivity contribution in [2.75, 3.05) is 5.43 Å². The minimum absolute atomic E-state index is 0.0491. The number of aromatic nitrogens is 4. The maximum Gasteiger partial charge on any atom is 0.283 e. The molecule has 0 bridgehead atoms. The number of hydrogen-bond acceptors (Lipinski definition) is 6. The van der Waals surface area contributed by atoms with Crippen molar-refractivity contribution in [1.82, 2.24) is 20.6 Å². The fourth-order valence-electron chi connectivity index (χ4n) is 1.05. The van der Waals surface area contributed by atoms with E-state index >= 15 is 0 Å². The third kappa shape index (κ3) is 2.92. The number of hydrogen-bond donors (Lipinski definition) is 3. The summed E-state index contributed by atoms with van der Waals surface area (Å²) in [5.74, 6) is 0.273. The maximum absolute atomic E-state index is 9.70. The molecular weight excluding hydrogens is 311 g/mol. The van der Waals surface area contributed by atoms with E-state index in [0.717, 1.165) is 0 Å². The van der Waals surface area contributed by atoms with Gasteiger partial charge in [-0.1, -0.05) is 16.7 Å². The second kappa shape index (κ2) is 5.11. The minimum Gasteiger partial charge on any atom is -0.506 e. The Morgan fingerprint density at radius 1 is 1.53 bits per heavy atom. The first-order valence-corrected chi connectivity index (χ1v) is 5.54. The number of phenols is 1. The van der Waals surface area contributed by atoms with Crippen LogP contribution in [0.4, 0.5) is 5.95 Å². The van der Waals surface area contributed by atoms with E-state index in [1.54, 1.807) is 12.1 Å². The molecule has 0 saturated carbocycles. The van der Waals surface area contributed by atoms with Crippen molar-refractivity contribution in [2.45, 2.75) is 0 Å². The van der Waals surface area contributed by atoms with Crippen molar-refractivity contribution in [3.63, 3.8) is 0 Å². The van der Waals surface area contributed by atoms with Crippen LogP contribution in [-0.4, -0.2) is 31.9 Å². The van der Waals surface area contributed by atoms with Crippen molar-refractivity contribution < 1.29 is 5.11 Å². The molecule has 1 heterocycles. The van der Waals surface area contributed by atoms with E-state index in [1.807, 2.05) is 0 Å². The second-order valence-corrected chi connectivity index (χ2v) is 4.22. The molecule has 0 radical (unpaired) electrons. The summed E-state index contributed by atoms with van der Waals surface area (Å²) in [4.78, 5) is 0. The van der Waals surface area contributed by atoms with Crippen LogP contribution in [0.1, 0.15) is 5.56 Å². The van der Waals surface area contributed by atoms with Crippen molar-refractivity contribution in [3.05, 3.63) is 27.2 Å². The molecule has 7 nitrogen and oxygen atoms in total. The highest BCUT2D eigenvalue weighted by atomic mass is 79.9. The highest BCUT2D eigenvalue weighted by molar-refractivity contribution is 9.10. The molecule has 3 N–H and O–H groups in total. The molecule has 0 aliphatic rings. The van der Waals surface area contributed by atoms with Crippen LogP contribution in [0.5, 0.6) is 5.75 Å². The smallest absolute Gasteiger partial charge is 0.283 e. The van der Waals surface area contributed by atoms with Gasteiger partial charge in [0.05, 0.1) is 10.7 Å². The summed E-state index contributed by atoms with van der Waals surface area (Å²) in [6.07, 6.45) is 1.39. The quantitative estimate of drug-likeness (QED) is 0.592. The van der Waals surface area contributed by atoms with E-state index in [1.165, 1.54) is 6.21 Å². The number of phenolic OH excluding ortho intramolecular Hbond substituents is 1. The van der Waals surface area contributed by atoms with Gasteiger partial charge in [-0.25, -0.2) is 5.43 Å². The molecule has 88 valence electrons. The lowest BCUT2D eigenvalue weighted by Crippen LogP contribution is -1.93. The van der Waals surface area contributed by atoms with E-state index in [2.05, 4.69) is 47.1 Å². The first-order valence-electron chi connectivity index (χ1n) is 4.37. The molecule has 1 aromatic heterocycles. The van der Waals surface area contributed by atoms with Crippen LogP contribution in [0.15, 0.2) is 21.7 Å². The molecule has 1 aromatic carbocycles. The lowest BCUT2D eigenvalue weighted by Gasteiger charge is -2.02. The summed E-state index contributed by atoms with van der Waals surface area (Å²) in [5.41, 5.74) is 2.98. The largest absolute Gasteiger partial charge is 0.506 e. The van der Waals surface area contributed by atoms with Gasteiger partial charge in [0.1, 0.15) is 5.75 Å². The van der Waals surface area contributed by atoms with Gasteiger partial charge in [-0.15, -0.1) is 5.10 Å². The lowest BCUT2D eigenvalue weighted by molar-refractivity contribution is 0.471. The van der Waals surface area contributed by atoms with E-state index < -0.39 is 0 Å². The summed E-state index contributed by atoms with van der Waals surface area (Å²) in [6, 6.07) is 3.16. The average Bonchev–Trinajstić information content (AvgIpc) is 2.78. The normalized spacial score (nSPS) is 10.9. The average molecular weight is 318 g/mol. The zero-order chi connectivity index (χ0) is 12.3. The number of nitrogens with one attached hydrogen (secondary N) is 2. The van der Waals surface area contributed by atoms with Gasteiger partial charge >= 0.3 is 0 Å². The van der Waals surface area contributed by atoms with Crippen LogP contribution in [0.2, 0.25) is 5.02 Å². The van der Waals surface area contributed by atoms with Gasteiger partial charge in [-0.05, 0) is 33.3 Å². The third-order valence-electron chi connectivity index (χ3n) is 1.77. The topological polar surface area (TPSA) is 99.1 Å². The van der Waals surface area contributed by atoms with Crippen LogP contribution in [-0.2, 0) is 0 Å². The van der Waals surface area contributed by atoms with Crippen LogP contribution < -0.4 is 5.43 Å². The third-order valence-corrected chi connectivity index (χ3v) is 2.59. The maximum atomic E-state index is 9.70. The van der Waals surface area contributed by atoms with Gasteiger partial charge in [0.15, 0.2) is 0 Å². The standard InChI is InChI=1S/C8H6BrClN6O/c9-6-2-5(10)1-4(7(6)17)3-11-12-8-13-15-16-14-8/h1-3,17H,(H2,12,13,14,15,16)/b11-3+. The number of tetrazole rings is 1. The SMILES string of the molecule is Oc1c(Br)cc(Cl)cc1/C=N/Nc1nn[nH]n1. The molecule has 0 saturated heterocycles. The zero-order valence-corrected chi connectivity index (χ0v) is 10.6. The van der Waals surface area contributed by atoms with Crippen molar-refractivity contribution in [2.24, 2.45) is 5.10 Å². The minimum atomic E-state index is 0.0491. The van der Waals surface area contributed by atoms with Crippen LogP contribution in [0.25, 0.3) is 0 Å². The van der Waals surface area contributed by atoms with Crippen molar-refractivity contribution >= 4 is 39.7 Å². The van der Waals surface area contributed by atoms with Crippen molar-refractivity contribution in [3.8, 4) is 5.75 Å². The van der Waals surface area contributed by atoms with Crippen LogP contribution >= 0.6 is 27.5 Å². The second-order valence-electron chi connectivity index (χ2n) is 2.93. The fourth-order valence-corrected chi connectivity index (χ4v) is 1.89. The lowest BCUT2D eigenvalue weighted by atomic mass is 10.2. The molecule has 2 aromatic rings. The Balaban J connectivity index is 2.15. The first-order chi connectivity index (χ1) is 8.16. The van der Waals surface area contributed by atoms with Gasteiger partial charge in [-0.3, -0.25) is 0 Å². The number of benzene rings is 1. The molecule has 0 aliphatic heterocycles. The first kappa shape index (κ1) is 11.8. The summed E-state index contributed by atoms with van der Waals surface area (Å²) in [5, 5.41) is 26.9. The summed E-state index contributed by atoms with van der Waals surface area (Å²) >= 11 is 9.01. The molecular formula is C8H6BrClN6O. The number of anilines is 1. The monoisotopic (exact) mass is 316 g/mol. The predicted molar refractivity (Wildman–Crippen MR) is 66.2 cm³/mol. The Bertz CT molecular complexity index is 543. The Morgan fingerprint density at radius 3 is 3.06 bits per heavy atom. The Morgan fingerprint density at radius 2 is 2.35 bits per heavy atom. The van der Waals surface area contributed by atoms with Crippen LogP contribution in [0, 0.1) is 0 Å². The number of halogens is 2. The summed E-state index contributed by atoms with van der Waals surface area (Å²) in [7, 11) is 0. The summed E-state index contributed by atoms with van der Waals surface area (Å²) < 4.78 is 0.492. The molecule has 0 fully saturated rings. The van der Waals surface area contributed by atoms with Crippen LogP contribution in [0.3, 0.4) is 0 Å². The fraction of sp³-hybridized carbons (Fsp3) is 0. The van der Waals surface area contributed by atoms with E-state index in [0.29, 0.717) is 15.1 Å². The van der Waals surface area contributed by atoms with Gasteiger partial charge < -0.3 is 5.11 Å². The van der Waals surface area contributed by atoms with Gasteiger partial charge in [0.25, 0.3) is 5.95 Å². The van der Waals surface area contributed by atoms with Crippen molar-refractivity contribution in [1.29, 1.82) is 0 Å². The highest BCUT2D eigenvalue weighted by Gasteiger charge is 2.05. The van der Waals surface area contributed by atoms with E-state index in [9.17, 15) is 5.11 Å². The Hall–Kier alpha value is -1.67. The van der Waals surface area contributed by atoms with Gasteiger partial charge in [0.2, 0.25) is 0 Å². The molecule has 0 aliphatic carbocycles. The predicted octanol–water partition coefficient (Wildman–Crippen LogP) is 1.77. The number of nitrogens with zero attached hydrogens (tertiary/aromatic N) is 4. The number of hydrazone groups is 1. The molecule has 0 atom stereocenters. The summed E-state index contributed by atoms with van der Waals surface area (Å²) in [6.45, 7) is 0. The molecule has 2 rings (SSSR count). The van der Waals surface area contributed by atoms with Gasteiger partial charge in [0, 0.05) is 10.6 Å². The Labute approximate surface area is 109 Å². The van der Waals surface area contributed by atoms with Gasteiger partial charge in [-0.2, -0.15) is 10.3 Å². The number of rotatable bonds is 3. The number of H-pyrrole nitrogens is 1. The molecule has 17 heavy (non-hydrogen) atoms. The number of aromatic amines is 1. The molecule has 0 amide bonds. The Kier molecular flexibility index (Phi) is 3.55.